The van der Waals surface area contributed by atoms with Gasteiger partial charge in [-0.3, -0.25) is 19.3 Å². The smallest absolute Gasteiger partial charge is 0.261 e. The molecule has 0 bridgehead atoms. The van der Waals surface area contributed by atoms with E-state index in [9.17, 15) is 14.4 Å². The van der Waals surface area contributed by atoms with Crippen LogP contribution in [0.5, 0.6) is 0 Å². The Morgan fingerprint density at radius 2 is 1.72 bits per heavy atom. The van der Waals surface area contributed by atoms with Crippen LogP contribution in [0.4, 0.5) is 0 Å². The van der Waals surface area contributed by atoms with Crippen LogP contribution >= 0.6 is 11.6 Å². The first kappa shape index (κ1) is 17.2. The number of fused-ring (bicyclic) bond motifs is 1. The van der Waals surface area contributed by atoms with Crippen molar-refractivity contribution in [2.24, 2.45) is 0 Å². The van der Waals surface area contributed by atoms with Crippen molar-refractivity contribution < 1.29 is 14.4 Å². The van der Waals surface area contributed by atoms with E-state index >= 15 is 0 Å². The molecule has 6 heteroatoms. The second kappa shape index (κ2) is 7.07. The fraction of sp³-hybridized carbons (Fsp3) is 0.211. The average Bonchev–Trinajstić information content (AvgIpc) is 2.83. The molecule has 128 valence electrons. The van der Waals surface area contributed by atoms with Gasteiger partial charge in [0.1, 0.15) is 0 Å². The fourth-order valence-corrected chi connectivity index (χ4v) is 2.84. The van der Waals surface area contributed by atoms with Crippen molar-refractivity contribution in [3.05, 3.63) is 69.7 Å². The van der Waals surface area contributed by atoms with Gasteiger partial charge >= 0.3 is 0 Å². The van der Waals surface area contributed by atoms with E-state index in [2.05, 4.69) is 5.32 Å². The summed E-state index contributed by atoms with van der Waals surface area (Å²) in [6, 6.07) is 12.3. The summed E-state index contributed by atoms with van der Waals surface area (Å²) in [4.78, 5) is 37.8. The predicted molar refractivity (Wildman–Crippen MR) is 94.5 cm³/mol. The van der Waals surface area contributed by atoms with Crippen molar-refractivity contribution in [1.82, 2.24) is 10.2 Å². The Balaban J connectivity index is 1.55. The maximum Gasteiger partial charge on any atom is 0.261 e. The highest BCUT2D eigenvalue weighted by atomic mass is 35.5. The minimum absolute atomic E-state index is 0.0673. The first-order valence-electron chi connectivity index (χ1n) is 7.93. The lowest BCUT2D eigenvalue weighted by Gasteiger charge is -2.13. The third-order valence-corrected chi connectivity index (χ3v) is 4.34. The molecule has 0 fully saturated rings. The number of hydrogen-bond acceptors (Lipinski definition) is 3. The maximum atomic E-state index is 12.3. The zero-order chi connectivity index (χ0) is 18.0. The van der Waals surface area contributed by atoms with E-state index in [-0.39, 0.29) is 30.7 Å². The fourth-order valence-electron chi connectivity index (χ4n) is 2.71. The Bertz CT molecular complexity index is 846. The van der Waals surface area contributed by atoms with E-state index in [1.807, 2.05) is 19.1 Å². The summed E-state index contributed by atoms with van der Waals surface area (Å²) in [6.45, 7) is 2.31. The number of rotatable bonds is 5. The molecule has 25 heavy (non-hydrogen) atoms. The topological polar surface area (TPSA) is 66.5 Å². The van der Waals surface area contributed by atoms with E-state index in [4.69, 9.17) is 11.6 Å². The summed E-state index contributed by atoms with van der Waals surface area (Å²) in [5.41, 5.74) is 2.65. The highest BCUT2D eigenvalue weighted by molar-refractivity contribution is 6.30. The van der Waals surface area contributed by atoms with Crippen LogP contribution in [-0.4, -0.2) is 29.2 Å². The molecular weight excluding hydrogens is 340 g/mol. The molecule has 1 aliphatic rings. The van der Waals surface area contributed by atoms with Crippen molar-refractivity contribution in [3.63, 3.8) is 0 Å². The van der Waals surface area contributed by atoms with Gasteiger partial charge in [-0.2, -0.15) is 0 Å². The van der Waals surface area contributed by atoms with Gasteiger partial charge in [-0.15, -0.1) is 0 Å². The molecule has 3 amide bonds. The number of benzene rings is 2. The largest absolute Gasteiger partial charge is 0.352 e. The molecule has 0 aromatic heterocycles. The number of carbonyl (C=O) groups is 3. The van der Waals surface area contributed by atoms with Crippen LogP contribution in [-0.2, 0) is 11.3 Å². The molecule has 0 radical (unpaired) electrons. The zero-order valence-electron chi connectivity index (χ0n) is 13.7. The van der Waals surface area contributed by atoms with Gasteiger partial charge in [0.15, 0.2) is 0 Å². The van der Waals surface area contributed by atoms with Crippen LogP contribution in [0.25, 0.3) is 0 Å². The minimum Gasteiger partial charge on any atom is -0.352 e. The Morgan fingerprint density at radius 3 is 2.44 bits per heavy atom. The van der Waals surface area contributed by atoms with Crippen LogP contribution in [0.15, 0.2) is 42.5 Å². The normalized spacial score (nSPS) is 13.1. The monoisotopic (exact) mass is 356 g/mol. The molecule has 0 spiro atoms. The number of nitrogens with one attached hydrogen (secondary N) is 1. The van der Waals surface area contributed by atoms with Gasteiger partial charge in [-0.25, -0.2) is 0 Å². The van der Waals surface area contributed by atoms with Gasteiger partial charge in [0.2, 0.25) is 5.91 Å². The van der Waals surface area contributed by atoms with Gasteiger partial charge in [0.05, 0.1) is 11.1 Å². The van der Waals surface area contributed by atoms with E-state index in [0.717, 1.165) is 16.0 Å². The Kier molecular flexibility index (Phi) is 4.86. The molecule has 0 aliphatic carbocycles. The predicted octanol–water partition coefficient (Wildman–Crippen LogP) is 2.95. The van der Waals surface area contributed by atoms with Gasteiger partial charge in [0.25, 0.3) is 11.8 Å². The third-order valence-electron chi connectivity index (χ3n) is 4.09. The van der Waals surface area contributed by atoms with Crippen molar-refractivity contribution >= 4 is 29.3 Å². The van der Waals surface area contributed by atoms with Crippen LogP contribution in [0.1, 0.15) is 38.3 Å². The summed E-state index contributed by atoms with van der Waals surface area (Å²) in [6.07, 6.45) is 0.0675. The molecular formula is C19H17ClN2O3. The number of hydrogen-bond donors (Lipinski definition) is 1. The van der Waals surface area contributed by atoms with Crippen LogP contribution in [0.2, 0.25) is 5.02 Å². The summed E-state index contributed by atoms with van der Waals surface area (Å²) in [5.74, 6) is -0.901. The number of aryl methyl sites for hydroxylation is 1. The van der Waals surface area contributed by atoms with Gasteiger partial charge < -0.3 is 5.32 Å². The average molecular weight is 357 g/mol. The molecule has 0 atom stereocenters. The molecule has 2 aromatic carbocycles. The zero-order valence-corrected chi connectivity index (χ0v) is 14.5. The molecule has 1 N–H and O–H groups in total. The van der Waals surface area contributed by atoms with Crippen molar-refractivity contribution in [3.8, 4) is 0 Å². The minimum atomic E-state index is -0.342. The van der Waals surface area contributed by atoms with Gasteiger partial charge in [-0.05, 0) is 36.8 Å². The number of amides is 3. The van der Waals surface area contributed by atoms with E-state index in [1.54, 1.807) is 30.3 Å². The molecule has 5 nitrogen and oxygen atoms in total. The lowest BCUT2D eigenvalue weighted by atomic mass is 10.1. The van der Waals surface area contributed by atoms with Gasteiger partial charge in [-0.1, -0.05) is 35.4 Å². The molecule has 1 heterocycles. The standard InChI is InChI=1S/C19H17ClN2O3/c1-12-2-7-15-16(10-12)19(25)22(18(15)24)9-8-17(23)21-11-13-3-5-14(20)6-4-13/h2-7,10H,8-9,11H2,1H3,(H,21,23). The lowest BCUT2D eigenvalue weighted by Crippen LogP contribution is -2.34. The lowest BCUT2D eigenvalue weighted by molar-refractivity contribution is -0.121. The molecule has 0 saturated heterocycles. The van der Waals surface area contributed by atoms with Crippen molar-refractivity contribution in [1.29, 1.82) is 0 Å². The SMILES string of the molecule is Cc1ccc2c(c1)C(=O)N(CCC(=O)NCc1ccc(Cl)cc1)C2=O. The van der Waals surface area contributed by atoms with Crippen LogP contribution < -0.4 is 5.32 Å². The number of halogens is 1. The Labute approximate surface area is 150 Å². The van der Waals surface area contributed by atoms with Crippen molar-refractivity contribution in [2.45, 2.75) is 19.9 Å². The van der Waals surface area contributed by atoms with E-state index < -0.39 is 0 Å². The molecule has 1 aliphatic heterocycles. The van der Waals surface area contributed by atoms with Crippen LogP contribution in [0, 0.1) is 6.92 Å². The van der Waals surface area contributed by atoms with E-state index in [1.165, 1.54) is 0 Å². The molecule has 0 saturated carbocycles. The van der Waals surface area contributed by atoms with Crippen molar-refractivity contribution in [2.75, 3.05) is 6.54 Å². The Hall–Kier alpha value is -2.66. The summed E-state index contributed by atoms with van der Waals surface area (Å²) in [5, 5.41) is 3.41. The first-order valence-corrected chi connectivity index (χ1v) is 8.31. The molecule has 0 unspecified atom stereocenters. The second-order valence-electron chi connectivity index (χ2n) is 5.96. The maximum absolute atomic E-state index is 12.3. The second-order valence-corrected chi connectivity index (χ2v) is 6.40. The van der Waals surface area contributed by atoms with E-state index in [0.29, 0.717) is 22.7 Å². The molecule has 3 rings (SSSR count). The Morgan fingerprint density at radius 1 is 1.04 bits per heavy atom. The van der Waals surface area contributed by atoms with Crippen LogP contribution in [0.3, 0.4) is 0 Å². The number of imide groups is 1. The highest BCUT2D eigenvalue weighted by Crippen LogP contribution is 2.23. The highest BCUT2D eigenvalue weighted by Gasteiger charge is 2.35. The number of nitrogens with zero attached hydrogens (tertiary/aromatic N) is 1. The quantitative estimate of drug-likeness (QED) is 0.837. The summed E-state index contributed by atoms with van der Waals surface area (Å²) >= 11 is 5.82. The molecule has 2 aromatic rings. The van der Waals surface area contributed by atoms with Gasteiger partial charge in [0, 0.05) is 24.5 Å². The number of carbonyl (C=O) groups excluding carboxylic acids is 3. The summed E-state index contributed by atoms with van der Waals surface area (Å²) in [7, 11) is 0. The summed E-state index contributed by atoms with van der Waals surface area (Å²) < 4.78 is 0. The first-order chi connectivity index (χ1) is 12.0. The third kappa shape index (κ3) is 3.72.